The molecule has 9 nitrogen and oxygen atoms in total. The number of hydrogen-bond donors (Lipinski definition) is 0. The zero-order chi connectivity index (χ0) is 32.4. The largest absolute Gasteiger partial charge is 0.460 e. The molecule has 0 bridgehead atoms. The lowest BCUT2D eigenvalue weighted by Crippen LogP contribution is -2.61. The maximum absolute atomic E-state index is 14.2. The first-order valence-electron chi connectivity index (χ1n) is 16.5. The summed E-state index contributed by atoms with van der Waals surface area (Å²) in [6, 6.07) is 3.97. The normalized spacial score (nSPS) is 21.8. The summed E-state index contributed by atoms with van der Waals surface area (Å²) < 4.78 is 25.9. The third-order valence-corrected chi connectivity index (χ3v) is 9.77. The van der Waals surface area contributed by atoms with E-state index < -0.39 is 11.4 Å². The van der Waals surface area contributed by atoms with Gasteiger partial charge in [0.15, 0.2) is 11.6 Å². The number of piperidine rings is 1. The molecule has 1 saturated carbocycles. The van der Waals surface area contributed by atoms with E-state index in [9.17, 15) is 14.0 Å². The van der Waals surface area contributed by atoms with Gasteiger partial charge < -0.3 is 24.2 Å². The highest BCUT2D eigenvalue weighted by Gasteiger charge is 2.46. The van der Waals surface area contributed by atoms with Crippen molar-refractivity contribution < 1.29 is 23.5 Å². The Kier molecular flexibility index (Phi) is 10.0. The van der Waals surface area contributed by atoms with E-state index in [1.165, 1.54) is 37.4 Å². The predicted octanol–water partition coefficient (Wildman–Crippen LogP) is 6.33. The number of anilines is 1. The summed E-state index contributed by atoms with van der Waals surface area (Å²) in [6.45, 7) is 14.7. The Bertz CT molecular complexity index is 1340. The number of amides is 1. The van der Waals surface area contributed by atoms with Crippen molar-refractivity contribution in [3.63, 3.8) is 0 Å². The van der Waals surface area contributed by atoms with Crippen LogP contribution in [-0.4, -0.2) is 83.1 Å². The molecule has 3 heterocycles. The van der Waals surface area contributed by atoms with E-state index in [-0.39, 0.29) is 34.6 Å². The van der Waals surface area contributed by atoms with E-state index in [0.29, 0.717) is 29.8 Å². The van der Waals surface area contributed by atoms with Crippen LogP contribution in [0, 0.1) is 23.1 Å². The van der Waals surface area contributed by atoms with Crippen molar-refractivity contribution in [3.05, 3.63) is 42.1 Å². The molecular formula is C35H50FN5O4. The molecule has 1 spiro atoms. The van der Waals surface area contributed by atoms with Gasteiger partial charge in [0.05, 0.1) is 11.8 Å². The van der Waals surface area contributed by atoms with E-state index in [2.05, 4.69) is 19.8 Å². The second-order valence-electron chi connectivity index (χ2n) is 14.8. The number of hydrogen-bond acceptors (Lipinski definition) is 8. The van der Waals surface area contributed by atoms with Crippen molar-refractivity contribution in [2.45, 2.75) is 91.2 Å². The van der Waals surface area contributed by atoms with Gasteiger partial charge in [-0.05, 0) is 116 Å². The van der Waals surface area contributed by atoms with Crippen molar-refractivity contribution in [3.8, 4) is 11.5 Å². The summed E-state index contributed by atoms with van der Waals surface area (Å²) >= 11 is 0. The van der Waals surface area contributed by atoms with Crippen molar-refractivity contribution in [2.24, 2.45) is 17.3 Å². The molecule has 0 radical (unpaired) electrons. The Morgan fingerprint density at radius 2 is 1.73 bits per heavy atom. The average Bonchev–Trinajstić information content (AvgIpc) is 2.97. The number of carbonyl (C=O) groups excluding carboxylic acids is 2. The zero-order valence-corrected chi connectivity index (χ0v) is 27.9. The second kappa shape index (κ2) is 13.6. The molecule has 246 valence electrons. The molecule has 45 heavy (non-hydrogen) atoms. The molecule has 1 aromatic carbocycles. The number of ether oxygens (including phenoxy) is 2. The Morgan fingerprint density at radius 3 is 2.38 bits per heavy atom. The maximum Gasteiger partial charge on any atom is 0.306 e. The Labute approximate surface area is 267 Å². The summed E-state index contributed by atoms with van der Waals surface area (Å²) in [6.07, 6.45) is 10.6. The minimum atomic E-state index is -0.491. The lowest BCUT2D eigenvalue weighted by atomic mass is 9.71. The first-order valence-corrected chi connectivity index (χ1v) is 16.5. The number of nitrogens with zero attached hydrogens (tertiary/aromatic N) is 5. The second-order valence-corrected chi connectivity index (χ2v) is 14.8. The van der Waals surface area contributed by atoms with Crippen LogP contribution >= 0.6 is 0 Å². The van der Waals surface area contributed by atoms with Gasteiger partial charge in [-0.1, -0.05) is 0 Å². The van der Waals surface area contributed by atoms with Crippen LogP contribution in [0.4, 0.5) is 10.2 Å². The molecule has 1 aromatic heterocycles. The fourth-order valence-corrected chi connectivity index (χ4v) is 6.96. The number of aromatic nitrogens is 2. The lowest BCUT2D eigenvalue weighted by Gasteiger charge is -2.54. The molecule has 0 N–H and O–H groups in total. The van der Waals surface area contributed by atoms with Gasteiger partial charge in [0.25, 0.3) is 5.91 Å². The summed E-state index contributed by atoms with van der Waals surface area (Å²) in [5.41, 5.74) is 0.0216. The summed E-state index contributed by atoms with van der Waals surface area (Å²) in [4.78, 5) is 40.5. The van der Waals surface area contributed by atoms with E-state index in [1.54, 1.807) is 18.1 Å². The van der Waals surface area contributed by atoms with Gasteiger partial charge in [-0.25, -0.2) is 14.4 Å². The molecular weight excluding hydrogens is 573 g/mol. The average molecular weight is 624 g/mol. The van der Waals surface area contributed by atoms with Crippen molar-refractivity contribution in [1.82, 2.24) is 19.8 Å². The number of esters is 1. The molecule has 3 aliphatic rings. The third-order valence-electron chi connectivity index (χ3n) is 9.77. The predicted molar refractivity (Wildman–Crippen MR) is 172 cm³/mol. The summed E-state index contributed by atoms with van der Waals surface area (Å²) in [5.74, 6) is 1.74. The van der Waals surface area contributed by atoms with E-state index in [4.69, 9.17) is 9.47 Å². The summed E-state index contributed by atoms with van der Waals surface area (Å²) in [7, 11) is 1.70. The standard InChI is InChI=1S/C35H50FN5O4/c1-24(2)39(6)33(43)28-18-27(36)11-12-29(28)44-30-19-37-23-38-32(30)41-21-35(22-41)13-15-40(16-14-35)20-26-9-7-25(8-10-26)17-31(42)45-34(3,4)5/h11-12,18-19,23-26H,7-10,13-17,20-22H2,1-6H3. The molecule has 1 aliphatic carbocycles. The van der Waals surface area contributed by atoms with Gasteiger partial charge in [0.2, 0.25) is 0 Å². The van der Waals surface area contributed by atoms with Crippen molar-refractivity contribution in [2.75, 3.05) is 44.7 Å². The topological polar surface area (TPSA) is 88.1 Å². The van der Waals surface area contributed by atoms with Crippen LogP contribution in [0.25, 0.3) is 0 Å². The molecule has 0 unspecified atom stereocenters. The van der Waals surface area contributed by atoms with Crippen LogP contribution in [0.5, 0.6) is 11.5 Å². The number of halogens is 1. The van der Waals surface area contributed by atoms with Gasteiger partial charge >= 0.3 is 5.97 Å². The van der Waals surface area contributed by atoms with Gasteiger partial charge in [-0.3, -0.25) is 9.59 Å². The fourth-order valence-electron chi connectivity index (χ4n) is 6.96. The highest BCUT2D eigenvalue weighted by atomic mass is 19.1. The van der Waals surface area contributed by atoms with E-state index in [0.717, 1.165) is 58.4 Å². The van der Waals surface area contributed by atoms with E-state index >= 15 is 0 Å². The molecule has 2 saturated heterocycles. The van der Waals surface area contributed by atoms with Crippen molar-refractivity contribution >= 4 is 17.7 Å². The molecule has 1 amide bonds. The molecule has 10 heteroatoms. The first kappa shape index (κ1) is 33.1. The highest BCUT2D eigenvalue weighted by Crippen LogP contribution is 2.45. The maximum atomic E-state index is 14.2. The molecule has 3 fully saturated rings. The first-order chi connectivity index (χ1) is 21.3. The Hall–Kier alpha value is -3.27. The molecule has 0 atom stereocenters. The molecule has 5 rings (SSSR count). The van der Waals surface area contributed by atoms with Crippen LogP contribution in [0.2, 0.25) is 0 Å². The van der Waals surface area contributed by atoms with Gasteiger partial charge in [-0.2, -0.15) is 0 Å². The number of carbonyl (C=O) groups is 2. The van der Waals surface area contributed by atoms with Gasteiger partial charge in [-0.15, -0.1) is 0 Å². The van der Waals surface area contributed by atoms with Crippen LogP contribution in [-0.2, 0) is 9.53 Å². The SMILES string of the molecule is CC(C)N(C)C(=O)c1cc(F)ccc1Oc1cncnc1N1CC2(CCN(CC3CCC(CC(=O)OC(C)(C)C)CC3)CC2)C1. The number of rotatable bonds is 9. The smallest absolute Gasteiger partial charge is 0.306 e. The fraction of sp³-hybridized carbons (Fsp3) is 0.657. The van der Waals surface area contributed by atoms with Crippen LogP contribution < -0.4 is 9.64 Å². The Balaban J connectivity index is 1.11. The van der Waals surface area contributed by atoms with Crippen LogP contribution in [0.1, 0.15) is 89.9 Å². The van der Waals surface area contributed by atoms with Crippen LogP contribution in [0.3, 0.4) is 0 Å². The van der Waals surface area contributed by atoms with Gasteiger partial charge in [0, 0.05) is 44.6 Å². The minimum Gasteiger partial charge on any atom is -0.460 e. The lowest BCUT2D eigenvalue weighted by molar-refractivity contribution is -0.156. The van der Waals surface area contributed by atoms with Crippen molar-refractivity contribution in [1.29, 1.82) is 0 Å². The zero-order valence-electron chi connectivity index (χ0n) is 27.9. The molecule has 2 aliphatic heterocycles. The number of benzene rings is 1. The van der Waals surface area contributed by atoms with Gasteiger partial charge in [0.1, 0.15) is 23.5 Å². The minimum absolute atomic E-state index is 0.0428. The third kappa shape index (κ3) is 8.31. The quantitative estimate of drug-likeness (QED) is 0.300. The summed E-state index contributed by atoms with van der Waals surface area (Å²) in [5, 5.41) is 0. The van der Waals surface area contributed by atoms with E-state index in [1.807, 2.05) is 34.6 Å². The monoisotopic (exact) mass is 623 g/mol. The number of likely N-dealkylation sites (tertiary alicyclic amines) is 1. The Morgan fingerprint density at radius 1 is 1.07 bits per heavy atom. The molecule has 2 aromatic rings. The highest BCUT2D eigenvalue weighted by molar-refractivity contribution is 5.97. The van der Waals surface area contributed by atoms with Crippen LogP contribution in [0.15, 0.2) is 30.7 Å².